The summed E-state index contributed by atoms with van der Waals surface area (Å²) in [5, 5.41) is 4.08. The molecule has 0 saturated heterocycles. The number of fused-ring (bicyclic) bond motifs is 1. The number of para-hydroxylation sites is 1. The first-order valence-electron chi connectivity index (χ1n) is 7.52. The van der Waals surface area contributed by atoms with Gasteiger partial charge in [-0.2, -0.15) is 0 Å². The number of carbonyl (C=O) groups is 1. The standard InChI is InChI=1S/C17H21N3O.2ClH/c1-12-10-14(13-6-2-3-7-15(13)19-12)16(21)20-17(11-18)8-4-5-9-17;;/h2-3,6-7,10H,4-5,8-9,11,18H2,1H3,(H,20,21);2*1H. The highest BCUT2D eigenvalue weighted by molar-refractivity contribution is 6.06. The van der Waals surface area contributed by atoms with Gasteiger partial charge in [-0.05, 0) is 31.9 Å². The van der Waals surface area contributed by atoms with E-state index in [1.54, 1.807) is 0 Å². The molecule has 1 aromatic carbocycles. The number of carbonyl (C=O) groups excluding carboxylic acids is 1. The van der Waals surface area contributed by atoms with Gasteiger partial charge in [0.05, 0.1) is 16.6 Å². The van der Waals surface area contributed by atoms with Crippen LogP contribution in [0.1, 0.15) is 41.7 Å². The molecule has 0 bridgehead atoms. The third-order valence-electron chi connectivity index (χ3n) is 4.42. The number of nitrogens with two attached hydrogens (primary N) is 1. The average molecular weight is 356 g/mol. The van der Waals surface area contributed by atoms with Crippen LogP contribution in [0.2, 0.25) is 0 Å². The van der Waals surface area contributed by atoms with Gasteiger partial charge in [-0.25, -0.2) is 0 Å². The summed E-state index contributed by atoms with van der Waals surface area (Å²) in [6.07, 6.45) is 4.20. The van der Waals surface area contributed by atoms with E-state index in [0.29, 0.717) is 12.1 Å². The number of hydrogen-bond acceptors (Lipinski definition) is 3. The summed E-state index contributed by atoms with van der Waals surface area (Å²) in [7, 11) is 0. The molecule has 23 heavy (non-hydrogen) atoms. The average Bonchev–Trinajstić information content (AvgIpc) is 2.95. The van der Waals surface area contributed by atoms with Crippen molar-refractivity contribution in [3.8, 4) is 0 Å². The van der Waals surface area contributed by atoms with Crippen molar-refractivity contribution < 1.29 is 4.79 Å². The topological polar surface area (TPSA) is 68.0 Å². The smallest absolute Gasteiger partial charge is 0.252 e. The van der Waals surface area contributed by atoms with Crippen molar-refractivity contribution in [3.63, 3.8) is 0 Å². The normalized spacial score (nSPS) is 15.6. The van der Waals surface area contributed by atoms with Crippen LogP contribution in [0.4, 0.5) is 0 Å². The molecule has 126 valence electrons. The van der Waals surface area contributed by atoms with Crippen LogP contribution < -0.4 is 11.1 Å². The van der Waals surface area contributed by atoms with E-state index in [-0.39, 0.29) is 36.3 Å². The SMILES string of the molecule is Cc1cc(C(=O)NC2(CN)CCCC2)c2ccccc2n1.Cl.Cl. The zero-order valence-electron chi connectivity index (χ0n) is 13.2. The minimum absolute atomic E-state index is 0. The van der Waals surface area contributed by atoms with Gasteiger partial charge in [0.2, 0.25) is 0 Å². The second-order valence-corrected chi connectivity index (χ2v) is 5.97. The lowest BCUT2D eigenvalue weighted by Gasteiger charge is -2.29. The summed E-state index contributed by atoms with van der Waals surface area (Å²) in [5.74, 6) is -0.0379. The van der Waals surface area contributed by atoms with Gasteiger partial charge in [0.25, 0.3) is 5.91 Å². The van der Waals surface area contributed by atoms with Gasteiger partial charge in [0, 0.05) is 17.6 Å². The highest BCUT2D eigenvalue weighted by Crippen LogP contribution is 2.29. The number of nitrogens with zero attached hydrogens (tertiary/aromatic N) is 1. The van der Waals surface area contributed by atoms with Crippen molar-refractivity contribution in [1.29, 1.82) is 0 Å². The monoisotopic (exact) mass is 355 g/mol. The summed E-state index contributed by atoms with van der Waals surface area (Å²) < 4.78 is 0. The summed E-state index contributed by atoms with van der Waals surface area (Å²) >= 11 is 0. The summed E-state index contributed by atoms with van der Waals surface area (Å²) in [5.41, 5.74) is 8.09. The van der Waals surface area contributed by atoms with E-state index in [1.165, 1.54) is 0 Å². The number of aromatic nitrogens is 1. The molecule has 1 aliphatic carbocycles. The minimum atomic E-state index is -0.227. The van der Waals surface area contributed by atoms with Crippen LogP contribution in [-0.2, 0) is 0 Å². The molecule has 0 atom stereocenters. The van der Waals surface area contributed by atoms with E-state index >= 15 is 0 Å². The summed E-state index contributed by atoms with van der Waals surface area (Å²) in [6.45, 7) is 2.41. The fourth-order valence-corrected chi connectivity index (χ4v) is 3.24. The Labute approximate surface area is 149 Å². The van der Waals surface area contributed by atoms with Crippen molar-refractivity contribution in [3.05, 3.63) is 41.6 Å². The van der Waals surface area contributed by atoms with Gasteiger partial charge < -0.3 is 11.1 Å². The van der Waals surface area contributed by atoms with Gasteiger partial charge in [-0.3, -0.25) is 9.78 Å². The fourth-order valence-electron chi connectivity index (χ4n) is 3.24. The third kappa shape index (κ3) is 3.94. The molecular weight excluding hydrogens is 333 g/mol. The molecule has 4 nitrogen and oxygen atoms in total. The van der Waals surface area contributed by atoms with Gasteiger partial charge in [0.1, 0.15) is 0 Å². The maximum atomic E-state index is 12.7. The summed E-state index contributed by atoms with van der Waals surface area (Å²) in [4.78, 5) is 17.2. The van der Waals surface area contributed by atoms with Gasteiger partial charge in [0.15, 0.2) is 0 Å². The molecule has 1 aliphatic rings. The Balaban J connectivity index is 0.00000132. The molecule has 3 rings (SSSR count). The second kappa shape index (κ2) is 7.95. The minimum Gasteiger partial charge on any atom is -0.345 e. The van der Waals surface area contributed by atoms with Crippen LogP contribution >= 0.6 is 24.8 Å². The molecular formula is C17H23Cl2N3O. The number of pyridine rings is 1. The first-order valence-corrected chi connectivity index (χ1v) is 7.52. The molecule has 1 aromatic heterocycles. The van der Waals surface area contributed by atoms with Crippen molar-refractivity contribution >= 4 is 41.6 Å². The van der Waals surface area contributed by atoms with Crippen molar-refractivity contribution in [2.75, 3.05) is 6.54 Å². The Kier molecular flexibility index (Phi) is 6.81. The van der Waals surface area contributed by atoms with Gasteiger partial charge in [-0.1, -0.05) is 31.0 Å². The largest absolute Gasteiger partial charge is 0.345 e. The van der Waals surface area contributed by atoms with Crippen LogP contribution in [0.5, 0.6) is 0 Å². The Hall–Kier alpha value is -1.36. The molecule has 3 N–H and O–H groups in total. The molecule has 1 saturated carbocycles. The second-order valence-electron chi connectivity index (χ2n) is 5.97. The van der Waals surface area contributed by atoms with Crippen molar-refractivity contribution in [2.24, 2.45) is 5.73 Å². The number of halogens is 2. The fraction of sp³-hybridized carbons (Fsp3) is 0.412. The van der Waals surface area contributed by atoms with Gasteiger partial charge in [-0.15, -0.1) is 24.8 Å². The van der Waals surface area contributed by atoms with Crippen LogP contribution in [0.3, 0.4) is 0 Å². The molecule has 1 fully saturated rings. The Morgan fingerprint density at radius 2 is 1.91 bits per heavy atom. The molecule has 1 amide bonds. The predicted octanol–water partition coefficient (Wildman–Crippen LogP) is 3.39. The zero-order valence-corrected chi connectivity index (χ0v) is 14.8. The molecule has 0 radical (unpaired) electrons. The Morgan fingerprint density at radius 3 is 2.57 bits per heavy atom. The molecule has 6 heteroatoms. The van der Waals surface area contributed by atoms with Crippen molar-refractivity contribution in [2.45, 2.75) is 38.1 Å². The first kappa shape index (κ1) is 19.7. The van der Waals surface area contributed by atoms with Crippen molar-refractivity contribution in [1.82, 2.24) is 10.3 Å². The maximum absolute atomic E-state index is 12.7. The zero-order chi connectivity index (χ0) is 14.9. The maximum Gasteiger partial charge on any atom is 0.252 e. The van der Waals surface area contributed by atoms with Crippen LogP contribution in [0.25, 0.3) is 10.9 Å². The summed E-state index contributed by atoms with van der Waals surface area (Å²) in [6, 6.07) is 9.61. The predicted molar refractivity (Wildman–Crippen MR) is 98.7 cm³/mol. The van der Waals surface area contributed by atoms with Crippen LogP contribution in [-0.4, -0.2) is 23.0 Å². The number of rotatable bonds is 3. The number of benzene rings is 1. The number of aryl methyl sites for hydroxylation is 1. The quantitative estimate of drug-likeness (QED) is 0.886. The lowest BCUT2D eigenvalue weighted by Crippen LogP contribution is -2.51. The van der Waals surface area contributed by atoms with E-state index in [1.807, 2.05) is 37.3 Å². The molecule has 2 aromatic rings. The highest BCUT2D eigenvalue weighted by atomic mass is 35.5. The first-order chi connectivity index (χ1) is 10.1. The number of hydrogen-bond donors (Lipinski definition) is 2. The molecule has 0 unspecified atom stereocenters. The number of nitrogens with one attached hydrogen (secondary N) is 1. The van der Waals surface area contributed by atoms with E-state index < -0.39 is 0 Å². The Morgan fingerprint density at radius 1 is 1.26 bits per heavy atom. The number of amides is 1. The van der Waals surface area contributed by atoms with Crippen LogP contribution in [0.15, 0.2) is 30.3 Å². The van der Waals surface area contributed by atoms with E-state index in [2.05, 4.69) is 10.3 Å². The van der Waals surface area contributed by atoms with E-state index in [0.717, 1.165) is 42.3 Å². The lowest BCUT2D eigenvalue weighted by atomic mass is 9.96. The van der Waals surface area contributed by atoms with E-state index in [4.69, 9.17) is 5.73 Å². The highest BCUT2D eigenvalue weighted by Gasteiger charge is 2.34. The molecule has 0 aliphatic heterocycles. The van der Waals surface area contributed by atoms with Gasteiger partial charge >= 0.3 is 0 Å². The van der Waals surface area contributed by atoms with E-state index in [9.17, 15) is 4.79 Å². The van der Waals surface area contributed by atoms with Crippen LogP contribution in [0, 0.1) is 6.92 Å². The lowest BCUT2D eigenvalue weighted by molar-refractivity contribution is 0.0904. The molecule has 0 spiro atoms. The third-order valence-corrected chi connectivity index (χ3v) is 4.42. The molecule has 1 heterocycles. The Bertz CT molecular complexity index is 685.